The number of hydrogen-bond donors (Lipinski definition) is 1. The van der Waals surface area contributed by atoms with Gasteiger partial charge in [-0.05, 0) is 35.6 Å². The quantitative estimate of drug-likeness (QED) is 0.466. The number of aliphatic hydroxyl groups is 1. The minimum absolute atomic E-state index is 0.136. The Hall–Kier alpha value is -2.85. The van der Waals surface area contributed by atoms with Crippen LogP contribution in [0.1, 0.15) is 49.5 Å². The van der Waals surface area contributed by atoms with Gasteiger partial charge in [-0.1, -0.05) is 62.4 Å². The number of aryl methyl sites for hydroxylation is 1. The number of hydrogen-bond acceptors (Lipinski definition) is 4. The molecule has 3 aromatic rings. The number of ether oxygens (including phenoxy) is 2. The van der Waals surface area contributed by atoms with E-state index in [-0.39, 0.29) is 12.6 Å². The first-order chi connectivity index (χ1) is 13.4. The number of benzene rings is 3. The third-order valence-corrected chi connectivity index (χ3v) is 4.77. The molecule has 0 spiro atoms. The predicted molar refractivity (Wildman–Crippen MR) is 111 cm³/mol. The van der Waals surface area contributed by atoms with Gasteiger partial charge in [0.15, 0.2) is 0 Å². The van der Waals surface area contributed by atoms with Gasteiger partial charge < -0.3 is 14.6 Å². The molecule has 0 aliphatic carbocycles. The second-order valence-corrected chi connectivity index (χ2v) is 7.31. The minimum atomic E-state index is -0.728. The maximum absolute atomic E-state index is 11.4. The molecule has 1 N–H and O–H groups in total. The molecule has 3 rings (SSSR count). The first-order valence-electron chi connectivity index (χ1n) is 9.48. The Morgan fingerprint density at radius 2 is 1.61 bits per heavy atom. The molecule has 146 valence electrons. The van der Waals surface area contributed by atoms with Crippen molar-refractivity contribution in [2.75, 3.05) is 6.61 Å². The molecule has 0 fully saturated rings. The fourth-order valence-corrected chi connectivity index (χ4v) is 3.21. The summed E-state index contributed by atoms with van der Waals surface area (Å²) in [6, 6.07) is 17.4. The monoisotopic (exact) mass is 378 g/mol. The molecule has 1 unspecified atom stereocenters. The highest BCUT2D eigenvalue weighted by molar-refractivity contribution is 5.95. The normalized spacial score (nSPS) is 12.2. The zero-order valence-corrected chi connectivity index (χ0v) is 16.7. The van der Waals surface area contributed by atoms with E-state index < -0.39 is 6.10 Å². The van der Waals surface area contributed by atoms with E-state index in [1.54, 1.807) is 0 Å². The maximum Gasteiger partial charge on any atom is 0.308 e. The first-order valence-corrected chi connectivity index (χ1v) is 9.48. The molecular weight excluding hydrogens is 352 g/mol. The molecule has 4 heteroatoms. The zero-order chi connectivity index (χ0) is 20.3. The summed E-state index contributed by atoms with van der Waals surface area (Å²) in [6.07, 6.45) is -0.728. The van der Waals surface area contributed by atoms with Gasteiger partial charge in [-0.2, -0.15) is 0 Å². The number of fused-ring (bicyclic) bond motifs is 1. The molecule has 0 aromatic heterocycles. The molecule has 0 radical (unpaired) electrons. The highest BCUT2D eigenvalue weighted by atomic mass is 16.5. The summed E-state index contributed by atoms with van der Waals surface area (Å²) in [4.78, 5) is 11.4. The van der Waals surface area contributed by atoms with Gasteiger partial charge in [-0.25, -0.2) is 0 Å². The molecule has 0 amide bonds. The van der Waals surface area contributed by atoms with Crippen LogP contribution in [-0.2, 0) is 4.79 Å². The molecule has 0 heterocycles. The zero-order valence-electron chi connectivity index (χ0n) is 16.7. The Bertz CT molecular complexity index is 974. The molecule has 0 saturated carbocycles. The van der Waals surface area contributed by atoms with Crippen LogP contribution >= 0.6 is 0 Å². The average Bonchev–Trinajstić information content (AvgIpc) is 2.68. The van der Waals surface area contributed by atoms with E-state index >= 15 is 0 Å². The van der Waals surface area contributed by atoms with Crippen LogP contribution < -0.4 is 9.47 Å². The van der Waals surface area contributed by atoms with Crippen molar-refractivity contribution in [3.63, 3.8) is 0 Å². The Kier molecular flexibility index (Phi) is 6.00. The van der Waals surface area contributed by atoms with Crippen LogP contribution in [0.5, 0.6) is 11.5 Å². The predicted octanol–water partition coefficient (Wildman–Crippen LogP) is 5.31. The van der Waals surface area contributed by atoms with Gasteiger partial charge in [0.1, 0.15) is 24.2 Å². The van der Waals surface area contributed by atoms with E-state index in [0.717, 1.165) is 21.9 Å². The van der Waals surface area contributed by atoms with Crippen molar-refractivity contribution in [1.82, 2.24) is 0 Å². The van der Waals surface area contributed by atoms with Crippen molar-refractivity contribution in [3.05, 3.63) is 71.3 Å². The average molecular weight is 378 g/mol. The van der Waals surface area contributed by atoms with Crippen molar-refractivity contribution in [1.29, 1.82) is 0 Å². The molecule has 1 atom stereocenters. The van der Waals surface area contributed by atoms with Crippen LogP contribution in [0.25, 0.3) is 10.8 Å². The van der Waals surface area contributed by atoms with E-state index in [1.165, 1.54) is 12.5 Å². The van der Waals surface area contributed by atoms with Gasteiger partial charge >= 0.3 is 5.97 Å². The lowest BCUT2D eigenvalue weighted by Crippen LogP contribution is -2.10. The van der Waals surface area contributed by atoms with Gasteiger partial charge in [0, 0.05) is 17.7 Å². The molecule has 4 nitrogen and oxygen atoms in total. The van der Waals surface area contributed by atoms with Gasteiger partial charge in [-0.15, -0.1) is 0 Å². The first kappa shape index (κ1) is 19.9. The van der Waals surface area contributed by atoms with E-state index in [4.69, 9.17) is 9.47 Å². The van der Waals surface area contributed by atoms with E-state index in [9.17, 15) is 9.90 Å². The summed E-state index contributed by atoms with van der Waals surface area (Å²) in [7, 11) is 0. The SMILES string of the molecule is CC(=O)Oc1c(C)cc(OCC(O)c2ccc(C(C)C)cc2)c2ccccc12. The van der Waals surface area contributed by atoms with E-state index in [1.807, 2.05) is 61.5 Å². The fraction of sp³-hybridized carbons (Fsp3) is 0.292. The minimum Gasteiger partial charge on any atom is -0.490 e. The van der Waals surface area contributed by atoms with Crippen LogP contribution in [0.3, 0.4) is 0 Å². The fourth-order valence-electron chi connectivity index (χ4n) is 3.21. The lowest BCUT2D eigenvalue weighted by atomic mass is 10.0. The molecule has 3 aromatic carbocycles. The molecule has 0 aliphatic heterocycles. The third kappa shape index (κ3) is 4.34. The van der Waals surface area contributed by atoms with Crippen molar-refractivity contribution in [2.45, 2.75) is 39.7 Å². The molecule has 28 heavy (non-hydrogen) atoms. The molecule has 0 aliphatic rings. The molecular formula is C24H26O4. The standard InChI is InChI=1S/C24H26O4/c1-15(2)18-9-11-19(12-10-18)22(26)14-27-23-13-16(3)24(28-17(4)25)21-8-6-5-7-20(21)23/h5-13,15,22,26H,14H2,1-4H3. The summed E-state index contributed by atoms with van der Waals surface area (Å²) >= 11 is 0. The number of carbonyl (C=O) groups is 1. The Morgan fingerprint density at radius 3 is 2.21 bits per heavy atom. The number of rotatable bonds is 6. The van der Waals surface area contributed by atoms with Gasteiger partial charge in [0.05, 0.1) is 0 Å². The number of esters is 1. The van der Waals surface area contributed by atoms with Crippen molar-refractivity contribution < 1.29 is 19.4 Å². The number of aliphatic hydroxyl groups excluding tert-OH is 1. The number of carbonyl (C=O) groups excluding carboxylic acids is 1. The summed E-state index contributed by atoms with van der Waals surface area (Å²) in [6.45, 7) is 7.68. The third-order valence-electron chi connectivity index (χ3n) is 4.77. The second kappa shape index (κ2) is 8.44. The molecule has 0 saturated heterocycles. The van der Waals surface area contributed by atoms with E-state index in [0.29, 0.717) is 17.4 Å². The smallest absolute Gasteiger partial charge is 0.308 e. The topological polar surface area (TPSA) is 55.8 Å². The highest BCUT2D eigenvalue weighted by Gasteiger charge is 2.15. The summed E-state index contributed by atoms with van der Waals surface area (Å²) in [5.74, 6) is 1.29. The van der Waals surface area contributed by atoms with Gasteiger partial charge in [-0.3, -0.25) is 4.79 Å². The van der Waals surface area contributed by atoms with Crippen LogP contribution in [0.4, 0.5) is 0 Å². The van der Waals surface area contributed by atoms with Crippen molar-refractivity contribution in [3.8, 4) is 11.5 Å². The lowest BCUT2D eigenvalue weighted by molar-refractivity contribution is -0.131. The van der Waals surface area contributed by atoms with Crippen molar-refractivity contribution >= 4 is 16.7 Å². The summed E-state index contributed by atoms with van der Waals surface area (Å²) < 4.78 is 11.4. The van der Waals surface area contributed by atoms with Crippen molar-refractivity contribution in [2.24, 2.45) is 0 Å². The lowest BCUT2D eigenvalue weighted by Gasteiger charge is -2.17. The Morgan fingerprint density at radius 1 is 1.00 bits per heavy atom. The van der Waals surface area contributed by atoms with Gasteiger partial charge in [0.2, 0.25) is 0 Å². The van der Waals surface area contributed by atoms with Crippen LogP contribution in [0, 0.1) is 6.92 Å². The Labute approximate surface area is 165 Å². The summed E-state index contributed by atoms with van der Waals surface area (Å²) in [5.41, 5.74) is 2.86. The van der Waals surface area contributed by atoms with Crippen LogP contribution in [0.2, 0.25) is 0 Å². The Balaban J connectivity index is 1.83. The second-order valence-electron chi connectivity index (χ2n) is 7.31. The van der Waals surface area contributed by atoms with Crippen LogP contribution in [0.15, 0.2) is 54.6 Å². The maximum atomic E-state index is 11.4. The molecule has 0 bridgehead atoms. The largest absolute Gasteiger partial charge is 0.490 e. The highest BCUT2D eigenvalue weighted by Crippen LogP contribution is 2.37. The van der Waals surface area contributed by atoms with Crippen LogP contribution in [-0.4, -0.2) is 17.7 Å². The van der Waals surface area contributed by atoms with E-state index in [2.05, 4.69) is 13.8 Å². The summed E-state index contributed by atoms with van der Waals surface area (Å²) in [5, 5.41) is 12.2. The van der Waals surface area contributed by atoms with Gasteiger partial charge in [0.25, 0.3) is 0 Å².